The molecule has 1 aromatic heterocycles. The van der Waals surface area contributed by atoms with Gasteiger partial charge in [0.1, 0.15) is 0 Å². The Morgan fingerprint density at radius 3 is 2.33 bits per heavy atom. The van der Waals surface area contributed by atoms with Gasteiger partial charge in [-0.3, -0.25) is 0 Å². The van der Waals surface area contributed by atoms with Gasteiger partial charge in [0.05, 0.1) is 7.11 Å². The lowest BCUT2D eigenvalue weighted by atomic mass is 9.91. The molecule has 2 aliphatic rings. The van der Waals surface area contributed by atoms with Crippen LogP contribution in [0.4, 0.5) is 27.9 Å². The van der Waals surface area contributed by atoms with Crippen molar-refractivity contribution in [1.82, 2.24) is 15.0 Å². The van der Waals surface area contributed by atoms with E-state index in [9.17, 15) is 4.39 Å². The fraction of sp³-hybridized carbons (Fsp3) is 0.625. The molecule has 8 nitrogen and oxygen atoms in total. The third kappa shape index (κ3) is 6.22. The highest BCUT2D eigenvalue weighted by Crippen LogP contribution is 2.27. The summed E-state index contributed by atoms with van der Waals surface area (Å²) in [6, 6.07) is 5.68. The van der Waals surface area contributed by atoms with Gasteiger partial charge < -0.3 is 26.0 Å². The second-order valence-corrected chi connectivity index (χ2v) is 9.27. The van der Waals surface area contributed by atoms with Gasteiger partial charge in [-0.25, -0.2) is 4.39 Å². The molecule has 1 aromatic carbocycles. The van der Waals surface area contributed by atoms with Crippen LogP contribution in [0.5, 0.6) is 5.75 Å². The Bertz CT molecular complexity index is 912. The zero-order chi connectivity index (χ0) is 23.2. The van der Waals surface area contributed by atoms with E-state index in [2.05, 4.69) is 25.5 Å². The molecule has 0 spiro atoms. The van der Waals surface area contributed by atoms with Gasteiger partial charge in [-0.2, -0.15) is 15.0 Å². The van der Waals surface area contributed by atoms with Gasteiger partial charge >= 0.3 is 0 Å². The minimum Gasteiger partial charge on any atom is -0.494 e. The van der Waals surface area contributed by atoms with Crippen molar-refractivity contribution in [2.45, 2.75) is 82.3 Å². The molecule has 2 aliphatic carbocycles. The molecule has 1 heterocycles. The van der Waals surface area contributed by atoms with Crippen LogP contribution in [0.1, 0.15) is 64.2 Å². The average molecular weight is 458 g/mol. The van der Waals surface area contributed by atoms with Crippen LogP contribution in [0.15, 0.2) is 18.2 Å². The van der Waals surface area contributed by atoms with Gasteiger partial charge in [-0.15, -0.1) is 0 Å². The summed E-state index contributed by atoms with van der Waals surface area (Å²) in [5.74, 6) is 1.31. The number of methoxy groups -OCH3 is 1. The molecule has 0 amide bonds. The SMILES string of the molecule is COc1ccc(Nc2nc(NC3CCCCCC3)nc(N(C)C3CCC(N)CC3)n2)cc1F. The molecule has 2 aromatic rings. The predicted octanol–water partition coefficient (Wildman–Crippen LogP) is 4.60. The number of halogens is 1. The topological polar surface area (TPSA) is 101 Å². The number of aromatic nitrogens is 3. The minimum atomic E-state index is -0.441. The fourth-order valence-electron chi connectivity index (χ4n) is 4.77. The summed E-state index contributed by atoms with van der Waals surface area (Å²) in [6.45, 7) is 0. The molecule has 0 saturated heterocycles. The Kier molecular flexibility index (Phi) is 7.80. The van der Waals surface area contributed by atoms with Gasteiger partial charge in [0, 0.05) is 36.9 Å². The largest absolute Gasteiger partial charge is 0.494 e. The number of ether oxygens (including phenoxy) is 1. The third-order valence-corrected chi connectivity index (χ3v) is 6.82. The maximum absolute atomic E-state index is 14.2. The lowest BCUT2D eigenvalue weighted by Crippen LogP contribution is -2.39. The predicted molar refractivity (Wildman–Crippen MR) is 130 cm³/mol. The number of hydrogen-bond acceptors (Lipinski definition) is 8. The van der Waals surface area contributed by atoms with Crippen LogP contribution in [0.2, 0.25) is 0 Å². The van der Waals surface area contributed by atoms with Gasteiger partial charge in [-0.05, 0) is 50.7 Å². The third-order valence-electron chi connectivity index (χ3n) is 6.82. The summed E-state index contributed by atoms with van der Waals surface area (Å²) in [6.07, 6.45) is 11.3. The first-order valence-corrected chi connectivity index (χ1v) is 12.1. The molecule has 180 valence electrons. The number of nitrogens with two attached hydrogens (primary N) is 1. The summed E-state index contributed by atoms with van der Waals surface area (Å²) in [5.41, 5.74) is 6.65. The number of benzene rings is 1. The zero-order valence-electron chi connectivity index (χ0n) is 19.7. The number of anilines is 4. The van der Waals surface area contributed by atoms with Crippen molar-refractivity contribution in [3.63, 3.8) is 0 Å². The molecule has 9 heteroatoms. The maximum Gasteiger partial charge on any atom is 0.233 e. The van der Waals surface area contributed by atoms with Crippen molar-refractivity contribution in [1.29, 1.82) is 0 Å². The lowest BCUT2D eigenvalue weighted by Gasteiger charge is -2.33. The summed E-state index contributed by atoms with van der Waals surface area (Å²) in [4.78, 5) is 16.2. The van der Waals surface area contributed by atoms with Gasteiger partial charge in [-0.1, -0.05) is 25.7 Å². The van der Waals surface area contributed by atoms with Crippen LogP contribution in [0.3, 0.4) is 0 Å². The molecular weight excluding hydrogens is 421 g/mol. The highest BCUT2D eigenvalue weighted by molar-refractivity contribution is 5.57. The molecule has 33 heavy (non-hydrogen) atoms. The molecule has 2 fully saturated rings. The molecule has 4 N–H and O–H groups in total. The summed E-state index contributed by atoms with van der Waals surface area (Å²) in [7, 11) is 3.48. The van der Waals surface area contributed by atoms with E-state index in [0.29, 0.717) is 35.6 Å². The Balaban J connectivity index is 1.58. The van der Waals surface area contributed by atoms with Crippen LogP contribution in [-0.2, 0) is 0 Å². The average Bonchev–Trinajstić information content (AvgIpc) is 3.08. The second kappa shape index (κ2) is 11.0. The van der Waals surface area contributed by atoms with Crippen molar-refractivity contribution in [2.24, 2.45) is 5.73 Å². The Morgan fingerprint density at radius 2 is 1.67 bits per heavy atom. The minimum absolute atomic E-state index is 0.197. The molecule has 0 atom stereocenters. The van der Waals surface area contributed by atoms with E-state index in [-0.39, 0.29) is 11.8 Å². The zero-order valence-corrected chi connectivity index (χ0v) is 19.7. The standard InChI is InChI=1S/C24H36FN7O/c1-32(19-12-9-16(26)10-13-19)24-30-22(27-17-7-5-3-4-6-8-17)29-23(31-24)28-18-11-14-21(33-2)20(25)15-18/h11,14-17,19H,3-10,12-13,26H2,1-2H3,(H2,27,28,29,30,31). The van der Waals surface area contributed by atoms with Crippen molar-refractivity contribution in [2.75, 3.05) is 29.7 Å². The quantitative estimate of drug-likeness (QED) is 0.519. The molecule has 0 aliphatic heterocycles. The molecule has 0 bridgehead atoms. The van der Waals surface area contributed by atoms with Crippen molar-refractivity contribution in [3.8, 4) is 5.75 Å². The Hall–Kier alpha value is -2.68. The van der Waals surface area contributed by atoms with Gasteiger partial charge in [0.25, 0.3) is 0 Å². The molecule has 2 saturated carbocycles. The highest BCUT2D eigenvalue weighted by atomic mass is 19.1. The molecule has 0 radical (unpaired) electrons. The van der Waals surface area contributed by atoms with Crippen molar-refractivity contribution in [3.05, 3.63) is 24.0 Å². The highest BCUT2D eigenvalue weighted by Gasteiger charge is 2.25. The van der Waals surface area contributed by atoms with E-state index in [1.165, 1.54) is 38.9 Å². The van der Waals surface area contributed by atoms with E-state index in [0.717, 1.165) is 38.5 Å². The number of rotatable bonds is 7. The Labute approximate surface area is 195 Å². The van der Waals surface area contributed by atoms with Crippen LogP contribution < -0.4 is 26.0 Å². The second-order valence-electron chi connectivity index (χ2n) is 9.27. The summed E-state index contributed by atoms with van der Waals surface area (Å²) in [5, 5.41) is 6.69. The van der Waals surface area contributed by atoms with Crippen LogP contribution in [-0.4, -0.2) is 47.2 Å². The first kappa shape index (κ1) is 23.5. The molecule has 0 unspecified atom stereocenters. The van der Waals surface area contributed by atoms with Crippen molar-refractivity contribution < 1.29 is 9.13 Å². The lowest BCUT2D eigenvalue weighted by molar-refractivity contribution is 0.382. The normalized spacial score (nSPS) is 21.8. The Morgan fingerprint density at radius 1 is 0.970 bits per heavy atom. The van der Waals surface area contributed by atoms with Gasteiger partial charge in [0.2, 0.25) is 17.8 Å². The monoisotopic (exact) mass is 457 g/mol. The summed E-state index contributed by atoms with van der Waals surface area (Å²) < 4.78 is 19.2. The smallest absolute Gasteiger partial charge is 0.233 e. The van der Waals surface area contributed by atoms with E-state index in [4.69, 9.17) is 15.5 Å². The van der Waals surface area contributed by atoms with E-state index in [1.807, 2.05) is 7.05 Å². The molecule has 4 rings (SSSR count). The van der Waals surface area contributed by atoms with Gasteiger partial charge in [0.15, 0.2) is 11.6 Å². The number of hydrogen-bond donors (Lipinski definition) is 3. The van der Waals surface area contributed by atoms with E-state index in [1.54, 1.807) is 12.1 Å². The number of nitrogens with one attached hydrogen (secondary N) is 2. The molecular formula is C24H36FN7O. The van der Waals surface area contributed by atoms with E-state index >= 15 is 0 Å². The van der Waals surface area contributed by atoms with Crippen LogP contribution >= 0.6 is 0 Å². The van der Waals surface area contributed by atoms with Crippen LogP contribution in [0, 0.1) is 5.82 Å². The number of nitrogens with zero attached hydrogens (tertiary/aromatic N) is 4. The maximum atomic E-state index is 14.2. The van der Waals surface area contributed by atoms with Crippen LogP contribution in [0.25, 0.3) is 0 Å². The first-order valence-electron chi connectivity index (χ1n) is 12.1. The van der Waals surface area contributed by atoms with Crippen molar-refractivity contribution >= 4 is 23.5 Å². The van der Waals surface area contributed by atoms with E-state index < -0.39 is 5.82 Å². The first-order chi connectivity index (χ1) is 16.0. The fourth-order valence-corrected chi connectivity index (χ4v) is 4.77. The summed E-state index contributed by atoms with van der Waals surface area (Å²) >= 11 is 0.